The van der Waals surface area contributed by atoms with Gasteiger partial charge < -0.3 is 14.4 Å². The van der Waals surface area contributed by atoms with Crippen molar-refractivity contribution in [2.24, 2.45) is 0 Å². The summed E-state index contributed by atoms with van der Waals surface area (Å²) in [7, 11) is 0. The van der Waals surface area contributed by atoms with Crippen LogP contribution in [0.4, 0.5) is 0 Å². The Balaban J connectivity index is 2.15. The molecule has 1 N–H and O–H groups in total. The molecule has 1 aliphatic heterocycles. The Morgan fingerprint density at radius 1 is 1.53 bits per heavy atom. The molecule has 1 aliphatic rings. The minimum Gasteiger partial charge on any atom is -0.478 e. The van der Waals surface area contributed by atoms with Gasteiger partial charge >= 0.3 is 5.97 Å². The van der Waals surface area contributed by atoms with Gasteiger partial charge in [0.05, 0.1) is 30.1 Å². The minimum atomic E-state index is -0.941. The first-order valence-electron chi connectivity index (χ1n) is 5.54. The molecule has 0 spiro atoms. The number of nitrogens with zero attached hydrogens (tertiary/aromatic N) is 2. The van der Waals surface area contributed by atoms with Gasteiger partial charge in [-0.3, -0.25) is 0 Å². The summed E-state index contributed by atoms with van der Waals surface area (Å²) in [4.78, 5) is 15.3. The third-order valence-corrected chi connectivity index (χ3v) is 3.13. The highest BCUT2D eigenvalue weighted by atomic mass is 16.5. The minimum absolute atomic E-state index is 0.250. The molecule has 3 rings (SSSR count). The first-order chi connectivity index (χ1) is 8.27. The lowest BCUT2D eigenvalue weighted by Gasteiger charge is -2.10. The summed E-state index contributed by atoms with van der Waals surface area (Å²) in [5.41, 5.74) is 1.66. The number of carboxylic acids is 1. The molecular formula is C12H12N2O3. The fourth-order valence-electron chi connectivity index (χ4n) is 2.26. The van der Waals surface area contributed by atoms with Gasteiger partial charge in [0.2, 0.25) is 0 Å². The Hall–Kier alpha value is -1.88. The Morgan fingerprint density at radius 3 is 3.12 bits per heavy atom. The van der Waals surface area contributed by atoms with E-state index in [0.717, 1.165) is 18.5 Å². The molecule has 0 radical (unpaired) electrons. The number of rotatable bonds is 2. The van der Waals surface area contributed by atoms with Gasteiger partial charge in [0.15, 0.2) is 0 Å². The first kappa shape index (κ1) is 10.3. The second-order valence-electron chi connectivity index (χ2n) is 4.15. The van der Waals surface area contributed by atoms with E-state index in [1.807, 2.05) is 10.6 Å². The maximum atomic E-state index is 11.1. The number of carboxylic acid groups (broad SMARTS) is 1. The number of imidazole rings is 1. The van der Waals surface area contributed by atoms with Crippen LogP contribution in [-0.2, 0) is 4.74 Å². The zero-order valence-corrected chi connectivity index (χ0v) is 9.17. The van der Waals surface area contributed by atoms with Crippen molar-refractivity contribution < 1.29 is 14.6 Å². The summed E-state index contributed by atoms with van der Waals surface area (Å²) in [6.07, 6.45) is 2.65. The molecule has 5 heteroatoms. The molecular weight excluding hydrogens is 220 g/mol. The quantitative estimate of drug-likeness (QED) is 0.855. The van der Waals surface area contributed by atoms with Crippen LogP contribution in [0.3, 0.4) is 0 Å². The van der Waals surface area contributed by atoms with Crippen molar-refractivity contribution in [1.82, 2.24) is 9.55 Å². The highest BCUT2D eigenvalue weighted by Gasteiger charge is 2.21. The largest absolute Gasteiger partial charge is 0.478 e. The predicted octanol–water partition coefficient (Wildman–Crippen LogP) is 1.70. The SMILES string of the molecule is O=C(O)c1cccc2c1ncn2C1CCOC1. The fourth-order valence-corrected chi connectivity index (χ4v) is 2.26. The molecule has 1 aromatic carbocycles. The smallest absolute Gasteiger partial charge is 0.337 e. The molecule has 1 unspecified atom stereocenters. The van der Waals surface area contributed by atoms with Crippen molar-refractivity contribution in [3.63, 3.8) is 0 Å². The van der Waals surface area contributed by atoms with Gasteiger partial charge in [0.1, 0.15) is 5.52 Å². The van der Waals surface area contributed by atoms with Crippen molar-refractivity contribution in [1.29, 1.82) is 0 Å². The van der Waals surface area contributed by atoms with E-state index in [1.54, 1.807) is 18.5 Å². The predicted molar refractivity (Wildman–Crippen MR) is 61.2 cm³/mol. The molecule has 0 aliphatic carbocycles. The Morgan fingerprint density at radius 2 is 2.41 bits per heavy atom. The van der Waals surface area contributed by atoms with Crippen LogP contribution in [0.1, 0.15) is 22.8 Å². The molecule has 1 saturated heterocycles. The van der Waals surface area contributed by atoms with Gasteiger partial charge in [-0.05, 0) is 18.6 Å². The standard InChI is InChI=1S/C12H12N2O3/c15-12(16)9-2-1-3-10-11(9)13-7-14(10)8-4-5-17-6-8/h1-3,7-8H,4-6H2,(H,15,16). The molecule has 1 fully saturated rings. The molecule has 5 nitrogen and oxygen atoms in total. The van der Waals surface area contributed by atoms with Crippen LogP contribution in [0.25, 0.3) is 11.0 Å². The van der Waals surface area contributed by atoms with Crippen molar-refractivity contribution >= 4 is 17.0 Å². The van der Waals surface area contributed by atoms with E-state index in [-0.39, 0.29) is 11.6 Å². The summed E-state index contributed by atoms with van der Waals surface area (Å²) in [5, 5.41) is 9.08. The zero-order valence-electron chi connectivity index (χ0n) is 9.17. The van der Waals surface area contributed by atoms with Crippen LogP contribution in [-0.4, -0.2) is 33.8 Å². The van der Waals surface area contributed by atoms with Gasteiger partial charge in [0.25, 0.3) is 0 Å². The summed E-state index contributed by atoms with van der Waals surface area (Å²) in [5.74, 6) is -0.941. The number of fused-ring (bicyclic) bond motifs is 1. The lowest BCUT2D eigenvalue weighted by atomic mass is 10.1. The molecule has 0 saturated carbocycles. The lowest BCUT2D eigenvalue weighted by molar-refractivity contribution is 0.0699. The van der Waals surface area contributed by atoms with Crippen molar-refractivity contribution in [3.8, 4) is 0 Å². The van der Waals surface area contributed by atoms with E-state index >= 15 is 0 Å². The summed E-state index contributed by atoms with van der Waals surface area (Å²) in [6.45, 7) is 1.42. The van der Waals surface area contributed by atoms with E-state index in [1.165, 1.54) is 0 Å². The van der Waals surface area contributed by atoms with Gasteiger partial charge in [-0.2, -0.15) is 0 Å². The van der Waals surface area contributed by atoms with Crippen molar-refractivity contribution in [2.45, 2.75) is 12.5 Å². The third-order valence-electron chi connectivity index (χ3n) is 3.13. The van der Waals surface area contributed by atoms with E-state index in [4.69, 9.17) is 9.84 Å². The van der Waals surface area contributed by atoms with Crippen molar-refractivity contribution in [2.75, 3.05) is 13.2 Å². The van der Waals surface area contributed by atoms with Gasteiger partial charge in [-0.25, -0.2) is 9.78 Å². The van der Waals surface area contributed by atoms with Crippen LogP contribution in [0, 0.1) is 0 Å². The number of aromatic carboxylic acids is 1. The summed E-state index contributed by atoms with van der Waals surface area (Å²) in [6, 6.07) is 5.49. The van der Waals surface area contributed by atoms with Crippen LogP contribution < -0.4 is 0 Å². The maximum absolute atomic E-state index is 11.1. The lowest BCUT2D eigenvalue weighted by Crippen LogP contribution is -2.07. The Bertz CT molecular complexity index is 570. The second kappa shape index (κ2) is 3.85. The van der Waals surface area contributed by atoms with Gasteiger partial charge in [-0.15, -0.1) is 0 Å². The van der Waals surface area contributed by atoms with E-state index in [9.17, 15) is 4.79 Å². The number of hydrogen-bond acceptors (Lipinski definition) is 3. The number of carbonyl (C=O) groups is 1. The maximum Gasteiger partial charge on any atom is 0.337 e. The number of aromatic nitrogens is 2. The zero-order chi connectivity index (χ0) is 11.8. The average molecular weight is 232 g/mol. The molecule has 1 aromatic heterocycles. The van der Waals surface area contributed by atoms with E-state index in [2.05, 4.69) is 4.98 Å². The molecule has 1 atom stereocenters. The van der Waals surface area contributed by atoms with Crippen LogP contribution in [0.15, 0.2) is 24.5 Å². The molecule has 17 heavy (non-hydrogen) atoms. The monoisotopic (exact) mass is 232 g/mol. The Kier molecular flexibility index (Phi) is 2.33. The number of benzene rings is 1. The first-order valence-corrected chi connectivity index (χ1v) is 5.54. The third kappa shape index (κ3) is 1.59. The van der Waals surface area contributed by atoms with Gasteiger partial charge in [-0.1, -0.05) is 6.07 Å². The van der Waals surface area contributed by atoms with Crippen LogP contribution >= 0.6 is 0 Å². The van der Waals surface area contributed by atoms with Crippen LogP contribution in [0.5, 0.6) is 0 Å². The highest BCUT2D eigenvalue weighted by Crippen LogP contribution is 2.25. The van der Waals surface area contributed by atoms with Gasteiger partial charge in [0, 0.05) is 6.61 Å². The molecule has 2 heterocycles. The topological polar surface area (TPSA) is 64.3 Å². The summed E-state index contributed by atoms with van der Waals surface area (Å²) < 4.78 is 7.35. The van der Waals surface area contributed by atoms with E-state index < -0.39 is 5.97 Å². The van der Waals surface area contributed by atoms with Crippen LogP contribution in [0.2, 0.25) is 0 Å². The number of hydrogen-bond donors (Lipinski definition) is 1. The molecule has 0 amide bonds. The Labute approximate surface area is 97.6 Å². The molecule has 0 bridgehead atoms. The number of para-hydroxylation sites is 1. The number of ether oxygens (including phenoxy) is 1. The highest BCUT2D eigenvalue weighted by molar-refractivity contribution is 6.00. The average Bonchev–Trinajstić information content (AvgIpc) is 2.96. The molecule has 2 aromatic rings. The van der Waals surface area contributed by atoms with Crippen molar-refractivity contribution in [3.05, 3.63) is 30.1 Å². The fraction of sp³-hybridized carbons (Fsp3) is 0.333. The molecule has 88 valence electrons. The normalized spacial score (nSPS) is 19.9. The van der Waals surface area contributed by atoms with E-state index in [0.29, 0.717) is 12.1 Å². The second-order valence-corrected chi connectivity index (χ2v) is 4.15. The summed E-state index contributed by atoms with van der Waals surface area (Å²) >= 11 is 0.